The monoisotopic (exact) mass is 794 g/mol. The summed E-state index contributed by atoms with van der Waals surface area (Å²) in [6.07, 6.45) is 0. The van der Waals surface area contributed by atoms with Gasteiger partial charge >= 0.3 is 0 Å². The molecule has 3 heteroatoms. The number of fused-ring (bicyclic) bond motifs is 7. The van der Waals surface area contributed by atoms with Gasteiger partial charge in [0.05, 0.1) is 16.7 Å². The highest BCUT2D eigenvalue weighted by Crippen LogP contribution is 2.43. The quantitative estimate of drug-likeness (QED) is 0.156. The number of nitrogens with zero attached hydrogens (tertiary/aromatic N) is 2. The Bertz CT molecular complexity index is 3530. The first-order valence-electron chi connectivity index (χ1n) is 20.8. The summed E-state index contributed by atoms with van der Waals surface area (Å²) < 4.78 is 5.01. The highest BCUT2D eigenvalue weighted by molar-refractivity contribution is 7.25. The molecule has 61 heavy (non-hydrogen) atoms. The Morgan fingerprint density at radius 2 is 0.852 bits per heavy atom. The van der Waals surface area contributed by atoms with Gasteiger partial charge in [-0.05, 0) is 105 Å². The van der Waals surface area contributed by atoms with Crippen molar-refractivity contribution < 1.29 is 0 Å². The van der Waals surface area contributed by atoms with Gasteiger partial charge in [-0.1, -0.05) is 164 Å². The Hall–Kier alpha value is -7.72. The highest BCUT2D eigenvalue weighted by Gasteiger charge is 2.18. The zero-order chi connectivity index (χ0) is 40.3. The SMILES string of the molecule is c1cc(-c2ccc(N(c3ccc(-c4cccc5ccccc45)cc3)c3ccc4c(c3)sc3ccccc34)cc2)cc(-c2ccccc2-n2c3ccccc3c3ccccc32)c1. The molecule has 0 aliphatic heterocycles. The fraction of sp³-hybridized carbons (Fsp3) is 0. The smallest absolute Gasteiger partial charge is 0.0541 e. The number of hydrogen-bond acceptors (Lipinski definition) is 2. The molecule has 2 heterocycles. The van der Waals surface area contributed by atoms with Gasteiger partial charge in [-0.3, -0.25) is 0 Å². The lowest BCUT2D eigenvalue weighted by Gasteiger charge is -2.26. The van der Waals surface area contributed by atoms with Crippen molar-refractivity contribution >= 4 is 81.1 Å². The molecule has 2 aromatic heterocycles. The van der Waals surface area contributed by atoms with Crippen LogP contribution in [-0.4, -0.2) is 4.57 Å². The zero-order valence-corrected chi connectivity index (χ0v) is 34.1. The van der Waals surface area contributed by atoms with Crippen molar-refractivity contribution in [2.45, 2.75) is 0 Å². The molecule has 12 aromatic rings. The first kappa shape index (κ1) is 35.2. The molecule has 0 saturated carbocycles. The van der Waals surface area contributed by atoms with E-state index in [1.54, 1.807) is 0 Å². The second-order valence-corrected chi connectivity index (χ2v) is 16.8. The van der Waals surface area contributed by atoms with Gasteiger partial charge in [-0.2, -0.15) is 0 Å². The highest BCUT2D eigenvalue weighted by atomic mass is 32.1. The topological polar surface area (TPSA) is 8.17 Å². The number of aromatic nitrogens is 1. The van der Waals surface area contributed by atoms with Gasteiger partial charge in [0.2, 0.25) is 0 Å². The van der Waals surface area contributed by atoms with E-state index >= 15 is 0 Å². The average molecular weight is 795 g/mol. The van der Waals surface area contributed by atoms with E-state index in [1.807, 2.05) is 11.3 Å². The number of hydrogen-bond donors (Lipinski definition) is 0. The summed E-state index contributed by atoms with van der Waals surface area (Å²) in [6, 6.07) is 84.1. The Morgan fingerprint density at radius 3 is 1.62 bits per heavy atom. The summed E-state index contributed by atoms with van der Waals surface area (Å²) in [6.45, 7) is 0. The van der Waals surface area contributed by atoms with E-state index < -0.39 is 0 Å². The van der Waals surface area contributed by atoms with Crippen LogP contribution in [0.3, 0.4) is 0 Å². The maximum absolute atomic E-state index is 2.42. The van der Waals surface area contributed by atoms with Crippen LogP contribution in [0.1, 0.15) is 0 Å². The van der Waals surface area contributed by atoms with Gasteiger partial charge in [-0.25, -0.2) is 0 Å². The van der Waals surface area contributed by atoms with Crippen LogP contribution >= 0.6 is 11.3 Å². The summed E-state index contributed by atoms with van der Waals surface area (Å²) in [5.41, 5.74) is 14.1. The molecule has 12 rings (SSSR count). The van der Waals surface area contributed by atoms with Gasteiger partial charge in [0, 0.05) is 53.6 Å². The lowest BCUT2D eigenvalue weighted by molar-refractivity contribution is 1.18. The fourth-order valence-electron chi connectivity index (χ4n) is 9.33. The number of benzene rings is 10. The van der Waals surface area contributed by atoms with Crippen LogP contribution in [-0.2, 0) is 0 Å². The Balaban J connectivity index is 0.936. The van der Waals surface area contributed by atoms with Crippen molar-refractivity contribution in [2.75, 3.05) is 4.90 Å². The van der Waals surface area contributed by atoms with Gasteiger partial charge in [0.25, 0.3) is 0 Å². The number of para-hydroxylation sites is 3. The molecule has 2 nitrogen and oxygen atoms in total. The third-order valence-corrected chi connectivity index (χ3v) is 13.3. The van der Waals surface area contributed by atoms with Crippen molar-refractivity contribution in [3.63, 3.8) is 0 Å². The van der Waals surface area contributed by atoms with Crippen molar-refractivity contribution in [2.24, 2.45) is 0 Å². The van der Waals surface area contributed by atoms with Crippen LogP contribution < -0.4 is 4.90 Å². The van der Waals surface area contributed by atoms with Crippen LogP contribution in [0.25, 0.3) is 91.8 Å². The predicted molar refractivity (Wildman–Crippen MR) is 262 cm³/mol. The van der Waals surface area contributed by atoms with E-state index in [2.05, 4.69) is 240 Å². The first-order valence-corrected chi connectivity index (χ1v) is 21.6. The molecule has 10 aromatic carbocycles. The van der Waals surface area contributed by atoms with E-state index in [0.29, 0.717) is 0 Å². The Morgan fingerprint density at radius 1 is 0.311 bits per heavy atom. The maximum Gasteiger partial charge on any atom is 0.0541 e. The van der Waals surface area contributed by atoms with Gasteiger partial charge in [-0.15, -0.1) is 11.3 Å². The number of anilines is 3. The van der Waals surface area contributed by atoms with Gasteiger partial charge in [0.1, 0.15) is 0 Å². The minimum absolute atomic E-state index is 1.11. The van der Waals surface area contributed by atoms with Crippen molar-refractivity contribution in [3.05, 3.63) is 231 Å². The minimum Gasteiger partial charge on any atom is -0.310 e. The molecule has 0 aliphatic carbocycles. The molecule has 0 spiro atoms. The minimum atomic E-state index is 1.11. The molecule has 0 bridgehead atoms. The normalized spacial score (nSPS) is 11.6. The van der Waals surface area contributed by atoms with Gasteiger partial charge < -0.3 is 9.47 Å². The fourth-order valence-corrected chi connectivity index (χ4v) is 10.5. The van der Waals surface area contributed by atoms with E-state index in [4.69, 9.17) is 0 Å². The molecule has 0 aliphatic rings. The summed E-state index contributed by atoms with van der Waals surface area (Å²) in [5, 5.41) is 7.65. The van der Waals surface area contributed by atoms with Crippen LogP contribution in [0.5, 0.6) is 0 Å². The van der Waals surface area contributed by atoms with Crippen molar-refractivity contribution in [1.82, 2.24) is 4.57 Å². The lowest BCUT2D eigenvalue weighted by atomic mass is 9.97. The van der Waals surface area contributed by atoms with Crippen LogP contribution in [0, 0.1) is 0 Å². The first-order chi connectivity index (χ1) is 30.2. The lowest BCUT2D eigenvalue weighted by Crippen LogP contribution is -2.09. The van der Waals surface area contributed by atoms with E-state index in [9.17, 15) is 0 Å². The molecule has 0 fully saturated rings. The summed E-state index contributed by atoms with van der Waals surface area (Å²) >= 11 is 1.86. The molecule has 0 unspecified atom stereocenters. The predicted octanol–water partition coefficient (Wildman–Crippen LogP) is 16.8. The molecular weight excluding hydrogens is 757 g/mol. The number of thiophene rings is 1. The Kier molecular flexibility index (Phi) is 8.39. The summed E-state index contributed by atoms with van der Waals surface area (Å²) in [5.74, 6) is 0. The summed E-state index contributed by atoms with van der Waals surface area (Å²) in [7, 11) is 0. The average Bonchev–Trinajstić information content (AvgIpc) is 3.87. The van der Waals surface area contributed by atoms with Crippen molar-refractivity contribution in [3.8, 4) is 39.1 Å². The molecule has 0 atom stereocenters. The largest absolute Gasteiger partial charge is 0.310 e. The second-order valence-electron chi connectivity index (χ2n) is 15.7. The van der Waals surface area contributed by atoms with Crippen LogP contribution in [0.15, 0.2) is 231 Å². The van der Waals surface area contributed by atoms with Crippen LogP contribution in [0.2, 0.25) is 0 Å². The Labute approximate surface area is 358 Å². The third-order valence-electron chi connectivity index (χ3n) is 12.2. The maximum atomic E-state index is 2.42. The van der Waals surface area contributed by atoms with E-state index in [0.717, 1.165) is 17.1 Å². The van der Waals surface area contributed by atoms with E-state index in [1.165, 1.54) is 91.8 Å². The standard InChI is InChI=1S/C58H38N2S/c1-2-17-47-40(13-1)14-12-22-48(47)41-29-33-45(34-30-41)59(46-35-36-53-52-21-6-10-26-57(52)61-58(53)38-46)44-31-27-39(28-32-44)42-15-11-16-43(37-42)49-18-3-7-23-54(49)60-55-24-8-4-19-50(55)51-20-5-9-25-56(51)60/h1-38H. The third kappa shape index (κ3) is 6.01. The molecule has 0 saturated heterocycles. The van der Waals surface area contributed by atoms with Crippen LogP contribution in [0.4, 0.5) is 17.1 Å². The molecular formula is C58H38N2S. The number of rotatable bonds is 7. The molecule has 0 radical (unpaired) electrons. The zero-order valence-electron chi connectivity index (χ0n) is 33.2. The molecule has 0 amide bonds. The summed E-state index contributed by atoms with van der Waals surface area (Å²) in [4.78, 5) is 2.39. The molecule has 286 valence electrons. The second kappa shape index (κ2) is 14.5. The van der Waals surface area contributed by atoms with Crippen molar-refractivity contribution in [1.29, 1.82) is 0 Å². The van der Waals surface area contributed by atoms with E-state index in [-0.39, 0.29) is 0 Å². The molecule has 0 N–H and O–H groups in total. The van der Waals surface area contributed by atoms with Gasteiger partial charge in [0.15, 0.2) is 0 Å².